The van der Waals surface area contributed by atoms with E-state index in [1.165, 1.54) is 0 Å². The van der Waals surface area contributed by atoms with Crippen molar-refractivity contribution < 1.29 is 19.1 Å². The van der Waals surface area contributed by atoms with E-state index in [1.54, 1.807) is 13.8 Å². The minimum Gasteiger partial charge on any atom is -0.448 e. The Morgan fingerprint density at radius 3 is 2.13 bits per heavy atom. The summed E-state index contributed by atoms with van der Waals surface area (Å²) in [6.07, 6.45) is -0.921. The highest BCUT2D eigenvalue weighted by molar-refractivity contribution is 6.18. The average molecular weight is 212 g/mol. The molecule has 0 aromatic rings. The molecule has 0 aromatic heterocycles. The Bertz CT molecular complexity index is 335. The lowest BCUT2D eigenvalue weighted by Gasteiger charge is -2.13. The lowest BCUT2D eigenvalue weighted by Crippen LogP contribution is -2.35. The summed E-state index contributed by atoms with van der Waals surface area (Å²) in [5.74, 6) is -0.684. The first-order valence-electron chi connectivity index (χ1n) is 4.41. The van der Waals surface area contributed by atoms with E-state index in [-0.39, 0.29) is 25.0 Å². The van der Waals surface area contributed by atoms with Gasteiger partial charge in [-0.15, -0.1) is 0 Å². The van der Waals surface area contributed by atoms with Gasteiger partial charge in [-0.05, 0) is 13.8 Å². The van der Waals surface area contributed by atoms with Crippen LogP contribution in [0.2, 0.25) is 0 Å². The summed E-state index contributed by atoms with van der Waals surface area (Å²) in [4.78, 5) is 34.3. The predicted molar refractivity (Wildman–Crippen MR) is 50.6 cm³/mol. The van der Waals surface area contributed by atoms with Crippen LogP contribution in [0.4, 0.5) is 4.79 Å². The molecule has 0 fully saturated rings. The van der Waals surface area contributed by atoms with Gasteiger partial charge < -0.3 is 10.5 Å². The van der Waals surface area contributed by atoms with Gasteiger partial charge in [0.1, 0.15) is 6.61 Å². The lowest BCUT2D eigenvalue weighted by molar-refractivity contribution is -0.138. The normalized spacial score (nSPS) is 16.3. The van der Waals surface area contributed by atoms with E-state index in [2.05, 4.69) is 4.74 Å². The zero-order chi connectivity index (χ0) is 11.6. The van der Waals surface area contributed by atoms with Crippen molar-refractivity contribution in [3.05, 3.63) is 11.1 Å². The summed E-state index contributed by atoms with van der Waals surface area (Å²) in [5, 5.41) is 0. The molecule has 0 radical (unpaired) electrons. The molecule has 0 atom stereocenters. The number of carbonyl (C=O) groups is 3. The highest BCUT2D eigenvalue weighted by Crippen LogP contribution is 2.18. The van der Waals surface area contributed by atoms with Gasteiger partial charge in [-0.1, -0.05) is 0 Å². The van der Waals surface area contributed by atoms with E-state index < -0.39 is 6.09 Å². The molecule has 82 valence electrons. The maximum Gasteiger partial charge on any atom is 0.404 e. The molecule has 0 bridgehead atoms. The second kappa shape index (κ2) is 4.12. The van der Waals surface area contributed by atoms with Gasteiger partial charge in [0.25, 0.3) is 11.8 Å². The Morgan fingerprint density at radius 2 is 1.73 bits per heavy atom. The molecule has 3 amide bonds. The number of nitrogens with zero attached hydrogens (tertiary/aromatic N) is 1. The molecule has 6 nitrogen and oxygen atoms in total. The van der Waals surface area contributed by atoms with Crippen LogP contribution in [0.3, 0.4) is 0 Å². The van der Waals surface area contributed by atoms with Gasteiger partial charge in [0.2, 0.25) is 0 Å². The number of nitrogens with two attached hydrogens (primary N) is 1. The van der Waals surface area contributed by atoms with Crippen molar-refractivity contribution in [2.45, 2.75) is 13.8 Å². The largest absolute Gasteiger partial charge is 0.448 e. The van der Waals surface area contributed by atoms with Crippen LogP contribution in [-0.2, 0) is 14.3 Å². The van der Waals surface area contributed by atoms with E-state index in [0.717, 1.165) is 4.90 Å². The van der Waals surface area contributed by atoms with Crippen LogP contribution in [-0.4, -0.2) is 36.0 Å². The third kappa shape index (κ3) is 2.15. The van der Waals surface area contributed by atoms with Crippen LogP contribution in [0, 0.1) is 0 Å². The number of imide groups is 1. The maximum atomic E-state index is 11.5. The van der Waals surface area contributed by atoms with E-state index in [1.807, 2.05) is 0 Å². The molecular weight excluding hydrogens is 200 g/mol. The van der Waals surface area contributed by atoms with Crippen molar-refractivity contribution >= 4 is 17.9 Å². The van der Waals surface area contributed by atoms with Gasteiger partial charge in [-0.3, -0.25) is 14.5 Å². The molecule has 0 aliphatic carbocycles. The number of carbonyl (C=O) groups excluding carboxylic acids is 3. The number of hydrogen-bond acceptors (Lipinski definition) is 4. The second-order valence-electron chi connectivity index (χ2n) is 3.18. The molecule has 6 heteroatoms. The molecule has 1 rings (SSSR count). The first-order valence-corrected chi connectivity index (χ1v) is 4.41. The van der Waals surface area contributed by atoms with Crippen molar-refractivity contribution in [1.82, 2.24) is 4.90 Å². The van der Waals surface area contributed by atoms with Gasteiger partial charge in [0.05, 0.1) is 6.54 Å². The van der Waals surface area contributed by atoms with Gasteiger partial charge in [0, 0.05) is 11.1 Å². The highest BCUT2D eigenvalue weighted by Gasteiger charge is 2.32. The third-order valence-corrected chi connectivity index (χ3v) is 2.25. The molecule has 0 unspecified atom stereocenters. The Hall–Kier alpha value is -1.85. The second-order valence-corrected chi connectivity index (χ2v) is 3.18. The molecule has 1 aliphatic rings. The molecule has 2 N–H and O–H groups in total. The Kier molecular flexibility index (Phi) is 3.08. The smallest absolute Gasteiger partial charge is 0.404 e. The predicted octanol–water partition coefficient (Wildman–Crippen LogP) is -0.213. The zero-order valence-electron chi connectivity index (χ0n) is 8.57. The van der Waals surface area contributed by atoms with E-state index in [9.17, 15) is 14.4 Å². The van der Waals surface area contributed by atoms with Crippen molar-refractivity contribution in [3.63, 3.8) is 0 Å². The van der Waals surface area contributed by atoms with Crippen LogP contribution < -0.4 is 5.73 Å². The third-order valence-electron chi connectivity index (χ3n) is 2.25. The zero-order valence-corrected chi connectivity index (χ0v) is 8.57. The fourth-order valence-corrected chi connectivity index (χ4v) is 1.26. The first-order chi connectivity index (χ1) is 6.95. The van der Waals surface area contributed by atoms with E-state index in [0.29, 0.717) is 11.1 Å². The van der Waals surface area contributed by atoms with Crippen LogP contribution in [0.5, 0.6) is 0 Å². The molecule has 0 spiro atoms. The highest BCUT2D eigenvalue weighted by atomic mass is 16.5. The molecule has 1 heterocycles. The maximum absolute atomic E-state index is 11.5. The topological polar surface area (TPSA) is 89.7 Å². The minimum atomic E-state index is -0.921. The van der Waals surface area contributed by atoms with Crippen LogP contribution >= 0.6 is 0 Å². The molecular formula is C9H12N2O4. The van der Waals surface area contributed by atoms with E-state index >= 15 is 0 Å². The summed E-state index contributed by atoms with van der Waals surface area (Å²) < 4.78 is 4.45. The van der Waals surface area contributed by atoms with Gasteiger partial charge in [-0.25, -0.2) is 4.79 Å². The number of rotatable bonds is 3. The van der Waals surface area contributed by atoms with Crippen LogP contribution in [0.25, 0.3) is 0 Å². The Balaban J connectivity index is 2.56. The quantitative estimate of drug-likeness (QED) is 0.655. The fourth-order valence-electron chi connectivity index (χ4n) is 1.26. The van der Waals surface area contributed by atoms with Gasteiger partial charge >= 0.3 is 6.09 Å². The molecule has 1 aliphatic heterocycles. The lowest BCUT2D eigenvalue weighted by atomic mass is 10.2. The van der Waals surface area contributed by atoms with Crippen molar-refractivity contribution in [2.24, 2.45) is 5.73 Å². The molecule has 15 heavy (non-hydrogen) atoms. The monoisotopic (exact) mass is 212 g/mol. The van der Waals surface area contributed by atoms with Crippen molar-refractivity contribution in [2.75, 3.05) is 13.2 Å². The van der Waals surface area contributed by atoms with Crippen LogP contribution in [0.15, 0.2) is 11.1 Å². The fraction of sp³-hybridized carbons (Fsp3) is 0.444. The van der Waals surface area contributed by atoms with Crippen molar-refractivity contribution in [3.8, 4) is 0 Å². The van der Waals surface area contributed by atoms with Gasteiger partial charge in [0.15, 0.2) is 0 Å². The number of amides is 3. The summed E-state index contributed by atoms with van der Waals surface area (Å²) in [7, 11) is 0. The molecule has 0 aromatic carbocycles. The molecule has 0 saturated heterocycles. The average Bonchev–Trinajstić information content (AvgIpc) is 2.34. The Labute approximate surface area is 86.7 Å². The SMILES string of the molecule is CC1=C(C)C(=O)N(CCOC(N)=O)C1=O. The number of hydrogen-bond donors (Lipinski definition) is 1. The standard InChI is InChI=1S/C9H12N2O4/c1-5-6(2)8(13)11(7(5)12)3-4-15-9(10)14/h3-4H2,1-2H3,(H2,10,14). The number of primary amides is 1. The van der Waals surface area contributed by atoms with Gasteiger partial charge in [-0.2, -0.15) is 0 Å². The molecule has 0 saturated carbocycles. The van der Waals surface area contributed by atoms with Crippen LogP contribution in [0.1, 0.15) is 13.8 Å². The van der Waals surface area contributed by atoms with E-state index in [4.69, 9.17) is 5.73 Å². The summed E-state index contributed by atoms with van der Waals surface area (Å²) >= 11 is 0. The summed E-state index contributed by atoms with van der Waals surface area (Å²) in [5.41, 5.74) is 5.60. The first kappa shape index (κ1) is 11.2. The minimum absolute atomic E-state index is 0.0370. The summed E-state index contributed by atoms with van der Waals surface area (Å²) in [6, 6.07) is 0. The summed E-state index contributed by atoms with van der Waals surface area (Å²) in [6.45, 7) is 3.14. The Morgan fingerprint density at radius 1 is 1.27 bits per heavy atom. The number of ether oxygens (including phenoxy) is 1. The van der Waals surface area contributed by atoms with Crippen molar-refractivity contribution in [1.29, 1.82) is 0 Å².